The van der Waals surface area contributed by atoms with Crippen LogP contribution in [-0.2, 0) is 4.79 Å². The van der Waals surface area contributed by atoms with Gasteiger partial charge in [-0.1, -0.05) is 31.5 Å². The molecule has 1 aromatic carbocycles. The molecule has 5 nitrogen and oxygen atoms in total. The minimum atomic E-state index is -0.109. The van der Waals surface area contributed by atoms with Crippen molar-refractivity contribution in [2.75, 3.05) is 32.7 Å². The number of aryl methyl sites for hydroxylation is 1. The van der Waals surface area contributed by atoms with Crippen molar-refractivity contribution < 1.29 is 9.59 Å². The van der Waals surface area contributed by atoms with Gasteiger partial charge in [-0.15, -0.1) is 0 Å². The summed E-state index contributed by atoms with van der Waals surface area (Å²) >= 11 is 0. The number of carbonyl (C=O) groups excluding carboxylic acids is 2. The molecule has 5 heteroatoms. The second-order valence-electron chi connectivity index (χ2n) is 7.27. The lowest BCUT2D eigenvalue weighted by Crippen LogP contribution is -2.48. The highest BCUT2D eigenvalue weighted by Crippen LogP contribution is 2.19. The largest absolute Gasteiger partial charge is 0.354 e. The third-order valence-electron chi connectivity index (χ3n) is 5.39. The van der Waals surface area contributed by atoms with Crippen molar-refractivity contribution in [1.82, 2.24) is 15.1 Å². The predicted octanol–water partition coefficient (Wildman–Crippen LogP) is 2.69. The van der Waals surface area contributed by atoms with Gasteiger partial charge in [-0.05, 0) is 51.9 Å². The molecule has 2 rings (SSSR count). The Hall–Kier alpha value is -1.88. The van der Waals surface area contributed by atoms with Gasteiger partial charge in [0.05, 0.1) is 5.92 Å². The molecule has 0 radical (unpaired) electrons. The van der Waals surface area contributed by atoms with E-state index in [1.54, 1.807) is 0 Å². The first kappa shape index (κ1) is 20.4. The molecule has 1 aromatic rings. The highest BCUT2D eigenvalue weighted by molar-refractivity contribution is 5.94. The van der Waals surface area contributed by atoms with Gasteiger partial charge in [0, 0.05) is 31.2 Å². The molecule has 2 atom stereocenters. The molecule has 1 fully saturated rings. The van der Waals surface area contributed by atoms with Gasteiger partial charge < -0.3 is 10.2 Å². The van der Waals surface area contributed by atoms with Crippen molar-refractivity contribution in [3.05, 3.63) is 35.4 Å². The van der Waals surface area contributed by atoms with Gasteiger partial charge in [0.15, 0.2) is 0 Å². The van der Waals surface area contributed by atoms with Crippen molar-refractivity contribution in [2.45, 2.75) is 46.6 Å². The summed E-state index contributed by atoms with van der Waals surface area (Å²) in [6.45, 7) is 12.3. The number of hydrogen-bond donors (Lipinski definition) is 1. The zero-order valence-electron chi connectivity index (χ0n) is 16.6. The van der Waals surface area contributed by atoms with Crippen LogP contribution >= 0.6 is 0 Å². The molecule has 1 saturated heterocycles. The second-order valence-corrected chi connectivity index (χ2v) is 7.27. The number of amides is 2. The molecule has 2 unspecified atom stereocenters. The Morgan fingerprint density at radius 3 is 2.50 bits per heavy atom. The Morgan fingerprint density at radius 2 is 1.88 bits per heavy atom. The minimum Gasteiger partial charge on any atom is -0.354 e. The first-order chi connectivity index (χ1) is 12.5. The van der Waals surface area contributed by atoms with Crippen LogP contribution in [0.4, 0.5) is 0 Å². The second kappa shape index (κ2) is 9.72. The molecule has 26 heavy (non-hydrogen) atoms. The maximum absolute atomic E-state index is 12.7. The van der Waals surface area contributed by atoms with Crippen LogP contribution in [0.2, 0.25) is 0 Å². The molecule has 2 amide bonds. The van der Waals surface area contributed by atoms with Crippen LogP contribution in [0.15, 0.2) is 24.3 Å². The lowest BCUT2D eigenvalue weighted by atomic mass is 9.96. The first-order valence-electron chi connectivity index (χ1n) is 9.83. The topological polar surface area (TPSA) is 52.7 Å². The lowest BCUT2D eigenvalue weighted by Gasteiger charge is -2.33. The summed E-state index contributed by atoms with van der Waals surface area (Å²) in [4.78, 5) is 29.4. The fraction of sp³-hybridized carbons (Fsp3) is 0.619. The molecular weight excluding hydrogens is 326 g/mol. The van der Waals surface area contributed by atoms with Crippen molar-refractivity contribution in [1.29, 1.82) is 0 Å². The standard InChI is InChI=1S/C21H33N3O2/c1-5-23(6-2)17(4)14-22-20(25)19-8-7-13-24(15-19)21(26)18-11-9-16(3)10-12-18/h9-12,17,19H,5-8,13-15H2,1-4H3,(H,22,25). The SMILES string of the molecule is CCN(CC)C(C)CNC(=O)C1CCCN(C(=O)c2ccc(C)cc2)C1. The monoisotopic (exact) mass is 359 g/mol. The fourth-order valence-electron chi connectivity index (χ4n) is 3.62. The number of nitrogens with zero attached hydrogens (tertiary/aromatic N) is 2. The van der Waals surface area contributed by atoms with Gasteiger partial charge in [-0.25, -0.2) is 0 Å². The van der Waals surface area contributed by atoms with Crippen molar-refractivity contribution in [3.8, 4) is 0 Å². The number of nitrogens with one attached hydrogen (secondary N) is 1. The Labute approximate surface area is 157 Å². The number of carbonyl (C=O) groups is 2. The molecule has 0 bridgehead atoms. The number of rotatable bonds is 7. The van der Waals surface area contributed by atoms with E-state index in [4.69, 9.17) is 0 Å². The van der Waals surface area contributed by atoms with E-state index in [2.05, 4.69) is 31.0 Å². The highest BCUT2D eigenvalue weighted by Gasteiger charge is 2.29. The first-order valence-corrected chi connectivity index (χ1v) is 9.83. The lowest BCUT2D eigenvalue weighted by molar-refractivity contribution is -0.126. The predicted molar refractivity (Wildman–Crippen MR) is 105 cm³/mol. The Morgan fingerprint density at radius 1 is 1.23 bits per heavy atom. The number of hydrogen-bond acceptors (Lipinski definition) is 3. The van der Waals surface area contributed by atoms with Gasteiger partial charge in [0.2, 0.25) is 5.91 Å². The normalized spacial score (nSPS) is 18.7. The van der Waals surface area contributed by atoms with E-state index in [1.807, 2.05) is 36.1 Å². The average Bonchev–Trinajstić information content (AvgIpc) is 2.67. The summed E-state index contributed by atoms with van der Waals surface area (Å²) in [5, 5.41) is 3.09. The average molecular weight is 360 g/mol. The van der Waals surface area contributed by atoms with Crippen LogP contribution in [0.5, 0.6) is 0 Å². The molecule has 144 valence electrons. The zero-order valence-corrected chi connectivity index (χ0v) is 16.6. The van der Waals surface area contributed by atoms with Crippen LogP contribution < -0.4 is 5.32 Å². The zero-order chi connectivity index (χ0) is 19.1. The number of piperidine rings is 1. The highest BCUT2D eigenvalue weighted by atomic mass is 16.2. The van der Waals surface area contributed by atoms with Crippen molar-refractivity contribution >= 4 is 11.8 Å². The summed E-state index contributed by atoms with van der Waals surface area (Å²) in [5.41, 5.74) is 1.84. The summed E-state index contributed by atoms with van der Waals surface area (Å²) in [6.07, 6.45) is 1.73. The Balaban J connectivity index is 1.89. The molecule has 0 spiro atoms. The van der Waals surface area contributed by atoms with Crippen LogP contribution in [0, 0.1) is 12.8 Å². The van der Waals surface area contributed by atoms with E-state index in [-0.39, 0.29) is 17.7 Å². The molecule has 1 aliphatic heterocycles. The van der Waals surface area contributed by atoms with Gasteiger partial charge >= 0.3 is 0 Å². The van der Waals surface area contributed by atoms with E-state index in [9.17, 15) is 9.59 Å². The van der Waals surface area contributed by atoms with Gasteiger partial charge in [0.25, 0.3) is 5.91 Å². The maximum atomic E-state index is 12.7. The van der Waals surface area contributed by atoms with Crippen LogP contribution in [-0.4, -0.2) is 60.4 Å². The third kappa shape index (κ3) is 5.31. The summed E-state index contributed by atoms with van der Waals surface area (Å²) in [6, 6.07) is 7.97. The Bertz CT molecular complexity index is 596. The molecule has 1 N–H and O–H groups in total. The number of likely N-dealkylation sites (N-methyl/N-ethyl adjacent to an activating group) is 1. The minimum absolute atomic E-state index is 0.0269. The van der Waals surface area contributed by atoms with Crippen molar-refractivity contribution in [2.24, 2.45) is 5.92 Å². The molecule has 1 aliphatic rings. The number of likely N-dealkylation sites (tertiary alicyclic amines) is 1. The summed E-state index contributed by atoms with van der Waals surface area (Å²) in [5.74, 6) is -0.00790. The number of benzene rings is 1. The van der Waals surface area contributed by atoms with Crippen LogP contribution in [0.25, 0.3) is 0 Å². The summed E-state index contributed by atoms with van der Waals surface area (Å²) in [7, 11) is 0. The molecular formula is C21H33N3O2. The van der Waals surface area contributed by atoms with Crippen LogP contribution in [0.3, 0.4) is 0 Å². The van der Waals surface area contributed by atoms with Crippen molar-refractivity contribution in [3.63, 3.8) is 0 Å². The van der Waals surface area contributed by atoms with Crippen LogP contribution in [0.1, 0.15) is 49.5 Å². The molecule has 0 aromatic heterocycles. The van der Waals surface area contributed by atoms with E-state index in [0.717, 1.165) is 38.0 Å². The smallest absolute Gasteiger partial charge is 0.253 e. The molecule has 0 saturated carbocycles. The Kier molecular flexibility index (Phi) is 7.64. The van der Waals surface area contributed by atoms with Gasteiger partial charge in [-0.2, -0.15) is 0 Å². The summed E-state index contributed by atoms with van der Waals surface area (Å²) < 4.78 is 0. The van der Waals surface area contributed by atoms with E-state index in [1.165, 1.54) is 0 Å². The maximum Gasteiger partial charge on any atom is 0.253 e. The molecule has 1 heterocycles. The third-order valence-corrected chi connectivity index (χ3v) is 5.39. The molecule has 0 aliphatic carbocycles. The van der Waals surface area contributed by atoms with E-state index in [0.29, 0.717) is 24.7 Å². The van der Waals surface area contributed by atoms with E-state index < -0.39 is 0 Å². The van der Waals surface area contributed by atoms with E-state index >= 15 is 0 Å². The fourth-order valence-corrected chi connectivity index (χ4v) is 3.62. The van der Waals surface area contributed by atoms with Gasteiger partial charge in [-0.3, -0.25) is 14.5 Å². The van der Waals surface area contributed by atoms with Gasteiger partial charge in [0.1, 0.15) is 0 Å². The quantitative estimate of drug-likeness (QED) is 0.814.